The molecule has 0 spiro atoms. The summed E-state index contributed by atoms with van der Waals surface area (Å²) in [5, 5.41) is 24.3. The van der Waals surface area contributed by atoms with Crippen LogP contribution in [0.25, 0.3) is 0 Å². The maximum absolute atomic E-state index is 14.3. The summed E-state index contributed by atoms with van der Waals surface area (Å²) in [6.45, 7) is 16.5. The monoisotopic (exact) mass is 700 g/mol. The number of benzene rings is 1. The van der Waals surface area contributed by atoms with Crippen LogP contribution in [0.5, 0.6) is 0 Å². The molecule has 13 heteroatoms. The summed E-state index contributed by atoms with van der Waals surface area (Å²) in [5.41, 5.74) is -5.93. The Morgan fingerprint density at radius 2 is 1.46 bits per heavy atom. The SMILES string of the molecule is C=C1[C@H](OC(=O)c2ccccc2)[C@@H](OC(C)=O)[C@@H](OC(C)=O)C(C)(C)/C=C/[C@H](C)C(=O)[C@@]2(O)C[C@@](C)(OC(C)=O)[C@H](O)[C@@H]2[C@H]1OC(=O)C(C)C. The van der Waals surface area contributed by atoms with Gasteiger partial charge in [0.1, 0.15) is 23.4 Å². The molecule has 0 amide bonds. The summed E-state index contributed by atoms with van der Waals surface area (Å²) in [6.07, 6.45) is -6.19. The summed E-state index contributed by atoms with van der Waals surface area (Å²) in [7, 11) is 0. The van der Waals surface area contributed by atoms with Gasteiger partial charge in [0.05, 0.1) is 17.4 Å². The van der Waals surface area contributed by atoms with E-state index in [0.717, 1.165) is 20.8 Å². The van der Waals surface area contributed by atoms with Crippen molar-refractivity contribution in [2.75, 3.05) is 0 Å². The van der Waals surface area contributed by atoms with Crippen LogP contribution in [0.1, 0.15) is 79.1 Å². The van der Waals surface area contributed by atoms with E-state index in [0.29, 0.717) is 0 Å². The Hall–Kier alpha value is -4.36. The highest BCUT2D eigenvalue weighted by molar-refractivity contribution is 5.92. The van der Waals surface area contributed by atoms with Gasteiger partial charge in [-0.15, -0.1) is 0 Å². The highest BCUT2D eigenvalue weighted by Crippen LogP contribution is 2.51. The fourth-order valence-electron chi connectivity index (χ4n) is 6.67. The number of carbonyl (C=O) groups excluding carboxylic acids is 6. The number of allylic oxidation sites excluding steroid dienone is 1. The first kappa shape index (κ1) is 40.1. The molecular weight excluding hydrogens is 652 g/mol. The molecular formula is C37H48O13. The van der Waals surface area contributed by atoms with Crippen LogP contribution in [0.4, 0.5) is 0 Å². The molecule has 1 aromatic carbocycles. The lowest BCUT2D eigenvalue weighted by Crippen LogP contribution is -2.58. The van der Waals surface area contributed by atoms with Gasteiger partial charge in [-0.3, -0.25) is 24.0 Å². The number of rotatable bonds is 7. The van der Waals surface area contributed by atoms with E-state index in [1.54, 1.807) is 32.0 Å². The van der Waals surface area contributed by atoms with E-state index in [1.807, 2.05) is 0 Å². The van der Waals surface area contributed by atoms with Crippen molar-refractivity contribution in [2.45, 2.75) is 110 Å². The molecule has 1 aromatic rings. The first-order valence-corrected chi connectivity index (χ1v) is 16.4. The Morgan fingerprint density at radius 3 is 1.98 bits per heavy atom. The van der Waals surface area contributed by atoms with Gasteiger partial charge in [-0.1, -0.05) is 71.5 Å². The lowest BCUT2D eigenvalue weighted by atomic mass is 9.72. The standard InChI is InChI=1S/C37H48O13/c1-19(2)33(43)48-27-21(4)28(49-34(44)25-14-12-11-13-15-25)29(46-22(5)38)32(47-23(6)39)35(8,9)17-16-20(3)30(41)37(45)18-36(10,50-24(7)40)31(42)26(27)37/h11-17,19-20,26-29,31-32,42,45H,4,18H2,1-3,5-10H3/b17-16+/t20-,26-,27-,28-,29+,31+,32+,36+,37+/m0/s1. The second kappa shape index (κ2) is 15.3. The lowest BCUT2D eigenvalue weighted by molar-refractivity contribution is -0.186. The fourth-order valence-corrected chi connectivity index (χ4v) is 6.67. The summed E-state index contributed by atoms with van der Waals surface area (Å²) < 4.78 is 29.0. The van der Waals surface area contributed by atoms with Gasteiger partial charge in [-0.25, -0.2) is 4.79 Å². The molecule has 13 nitrogen and oxygen atoms in total. The van der Waals surface area contributed by atoms with E-state index in [9.17, 15) is 39.0 Å². The maximum atomic E-state index is 14.3. The average Bonchev–Trinajstić information content (AvgIpc) is 3.21. The molecule has 0 radical (unpaired) electrons. The van der Waals surface area contributed by atoms with Gasteiger partial charge in [0.2, 0.25) is 0 Å². The van der Waals surface area contributed by atoms with Gasteiger partial charge in [0.25, 0.3) is 0 Å². The van der Waals surface area contributed by atoms with Crippen LogP contribution in [0.2, 0.25) is 0 Å². The largest absolute Gasteiger partial charge is 0.458 e. The van der Waals surface area contributed by atoms with Crippen molar-refractivity contribution >= 4 is 35.6 Å². The quantitative estimate of drug-likeness (QED) is 0.239. The summed E-state index contributed by atoms with van der Waals surface area (Å²) >= 11 is 0. The number of esters is 5. The summed E-state index contributed by atoms with van der Waals surface area (Å²) in [4.78, 5) is 79.0. The Kier molecular flexibility index (Phi) is 12.2. The molecule has 0 aliphatic heterocycles. The molecule has 2 aliphatic carbocycles. The molecule has 1 fully saturated rings. The number of carbonyl (C=O) groups is 6. The molecule has 3 rings (SSSR count). The van der Waals surface area contributed by atoms with Crippen molar-refractivity contribution in [1.29, 1.82) is 0 Å². The molecule has 2 N–H and O–H groups in total. The minimum absolute atomic E-state index is 0.0655. The van der Waals surface area contributed by atoms with Crippen LogP contribution in [0, 0.1) is 23.2 Å². The second-order valence-corrected chi connectivity index (χ2v) is 14.2. The maximum Gasteiger partial charge on any atom is 0.338 e. The first-order chi connectivity index (χ1) is 23.1. The predicted octanol–water partition coefficient (Wildman–Crippen LogP) is 3.43. The first-order valence-electron chi connectivity index (χ1n) is 16.4. The Morgan fingerprint density at radius 1 is 0.880 bits per heavy atom. The Labute approximate surface area is 291 Å². The topological polar surface area (TPSA) is 189 Å². The molecule has 0 aromatic heterocycles. The van der Waals surface area contributed by atoms with Crippen LogP contribution in [0.3, 0.4) is 0 Å². The highest BCUT2D eigenvalue weighted by Gasteiger charge is 2.68. The number of hydrogen-bond acceptors (Lipinski definition) is 13. The number of ketones is 1. The molecule has 9 atom stereocenters. The van der Waals surface area contributed by atoms with E-state index in [-0.39, 0.29) is 11.1 Å². The molecule has 1 saturated carbocycles. The van der Waals surface area contributed by atoms with E-state index in [2.05, 4.69) is 6.58 Å². The van der Waals surface area contributed by atoms with E-state index in [4.69, 9.17) is 23.7 Å². The number of Topliss-reactive ketones (excluding diaryl/α,β-unsaturated/α-hetero) is 1. The van der Waals surface area contributed by atoms with Gasteiger partial charge in [0, 0.05) is 44.1 Å². The van der Waals surface area contributed by atoms with Crippen LogP contribution < -0.4 is 0 Å². The second-order valence-electron chi connectivity index (χ2n) is 14.2. The zero-order valence-corrected chi connectivity index (χ0v) is 30.0. The number of fused-ring (bicyclic) bond motifs is 1. The van der Waals surface area contributed by atoms with E-state index in [1.165, 1.54) is 52.0 Å². The molecule has 0 saturated heterocycles. The highest BCUT2D eigenvalue weighted by atomic mass is 16.6. The fraction of sp³-hybridized carbons (Fsp3) is 0.568. The third-order valence-corrected chi connectivity index (χ3v) is 9.11. The van der Waals surface area contributed by atoms with E-state index >= 15 is 0 Å². The van der Waals surface area contributed by atoms with E-state index < -0.39 is 107 Å². The minimum atomic E-state index is -2.53. The zero-order chi connectivity index (χ0) is 37.9. The smallest absolute Gasteiger partial charge is 0.338 e. The van der Waals surface area contributed by atoms with Crippen molar-refractivity contribution in [2.24, 2.45) is 23.2 Å². The van der Waals surface area contributed by atoms with Gasteiger partial charge >= 0.3 is 29.8 Å². The molecule has 0 heterocycles. The molecule has 0 bridgehead atoms. The normalized spacial score (nSPS) is 33.2. The molecule has 50 heavy (non-hydrogen) atoms. The summed E-state index contributed by atoms with van der Waals surface area (Å²) in [5.74, 6) is -8.71. The van der Waals surface area contributed by atoms with Crippen LogP contribution in [-0.2, 0) is 47.7 Å². The van der Waals surface area contributed by atoms with Crippen LogP contribution in [0.15, 0.2) is 54.6 Å². The minimum Gasteiger partial charge on any atom is -0.458 e. The van der Waals surface area contributed by atoms with Gasteiger partial charge in [-0.05, 0) is 19.1 Å². The average molecular weight is 701 g/mol. The number of aliphatic hydroxyl groups excluding tert-OH is 1. The van der Waals surface area contributed by atoms with Crippen molar-refractivity contribution in [3.8, 4) is 0 Å². The molecule has 0 unspecified atom stereocenters. The van der Waals surface area contributed by atoms with Crippen molar-refractivity contribution in [3.63, 3.8) is 0 Å². The van der Waals surface area contributed by atoms with Crippen molar-refractivity contribution in [1.82, 2.24) is 0 Å². The third kappa shape index (κ3) is 8.50. The van der Waals surface area contributed by atoms with Crippen molar-refractivity contribution < 1.29 is 62.7 Å². The lowest BCUT2D eigenvalue weighted by Gasteiger charge is -2.43. The molecule has 274 valence electrons. The van der Waals surface area contributed by atoms with Gasteiger partial charge < -0.3 is 33.9 Å². The number of ether oxygens (including phenoxy) is 5. The van der Waals surface area contributed by atoms with Gasteiger partial charge in [-0.2, -0.15) is 0 Å². The van der Waals surface area contributed by atoms with Crippen LogP contribution in [-0.4, -0.2) is 87.6 Å². The Bertz CT molecular complexity index is 1530. The third-order valence-electron chi connectivity index (χ3n) is 9.11. The molecule has 2 aliphatic rings. The number of hydrogen-bond donors (Lipinski definition) is 2. The Balaban J connectivity index is 2.47. The van der Waals surface area contributed by atoms with Crippen LogP contribution >= 0.6 is 0 Å². The van der Waals surface area contributed by atoms with Gasteiger partial charge in [0.15, 0.2) is 24.1 Å². The summed E-state index contributed by atoms with van der Waals surface area (Å²) in [6, 6.07) is 7.74. The van der Waals surface area contributed by atoms with Crippen molar-refractivity contribution in [3.05, 3.63) is 60.2 Å². The predicted molar refractivity (Wildman–Crippen MR) is 177 cm³/mol. The zero-order valence-electron chi connectivity index (χ0n) is 30.0. The number of aliphatic hydroxyl groups is 2.